The maximum atomic E-state index is 14.2. The van der Waals surface area contributed by atoms with Crippen molar-refractivity contribution in [3.8, 4) is 0 Å². The molecule has 1 saturated heterocycles. The van der Waals surface area contributed by atoms with Crippen molar-refractivity contribution in [1.82, 2.24) is 0 Å². The van der Waals surface area contributed by atoms with Crippen LogP contribution in [0.2, 0.25) is 0 Å². The summed E-state index contributed by atoms with van der Waals surface area (Å²) in [7, 11) is 0. The van der Waals surface area contributed by atoms with Crippen molar-refractivity contribution in [2.75, 3.05) is 16.0 Å². The highest BCUT2D eigenvalue weighted by molar-refractivity contribution is 8.00. The summed E-state index contributed by atoms with van der Waals surface area (Å²) < 4.78 is 14.2. The van der Waals surface area contributed by atoms with Gasteiger partial charge in [-0.1, -0.05) is 51.1 Å². The lowest BCUT2D eigenvalue weighted by molar-refractivity contribution is -0.115. The molecule has 1 N–H and O–H groups in total. The van der Waals surface area contributed by atoms with E-state index >= 15 is 0 Å². The molecule has 0 aliphatic carbocycles. The Labute approximate surface area is 198 Å². The normalized spacial score (nSPS) is 16.2. The molecule has 1 atom stereocenters. The quantitative estimate of drug-likeness (QED) is 0.484. The smallest absolute Gasteiger partial charge is 0.255 e. The summed E-state index contributed by atoms with van der Waals surface area (Å²) >= 11 is 1.49. The molecule has 4 nitrogen and oxygen atoms in total. The first kappa shape index (κ1) is 23.1. The maximum Gasteiger partial charge on any atom is 0.255 e. The molecule has 0 saturated carbocycles. The second-order valence-corrected chi connectivity index (χ2v) is 10.3. The Morgan fingerprint density at radius 2 is 1.76 bits per heavy atom. The first-order chi connectivity index (χ1) is 15.6. The predicted octanol–water partition coefficient (Wildman–Crippen LogP) is 6.46. The first-order valence-corrected chi connectivity index (χ1v) is 11.9. The van der Waals surface area contributed by atoms with Gasteiger partial charge in [0.25, 0.3) is 5.91 Å². The number of thioether (sulfide) groups is 1. The van der Waals surface area contributed by atoms with Crippen molar-refractivity contribution < 1.29 is 14.0 Å². The van der Waals surface area contributed by atoms with Crippen LogP contribution in [0.5, 0.6) is 0 Å². The topological polar surface area (TPSA) is 49.4 Å². The largest absolute Gasteiger partial charge is 0.322 e. The minimum atomic E-state index is -0.338. The summed E-state index contributed by atoms with van der Waals surface area (Å²) in [6.07, 6.45) is 0. The number of amides is 2. The highest BCUT2D eigenvalue weighted by atomic mass is 32.2. The molecule has 1 aliphatic rings. The van der Waals surface area contributed by atoms with Crippen LogP contribution in [0.1, 0.15) is 53.2 Å². The van der Waals surface area contributed by atoms with E-state index in [9.17, 15) is 14.0 Å². The molecule has 4 rings (SSSR count). The number of hydrogen-bond donors (Lipinski definition) is 1. The number of nitrogens with zero attached hydrogens (tertiary/aromatic N) is 1. The van der Waals surface area contributed by atoms with Crippen LogP contribution in [0.4, 0.5) is 15.8 Å². The fourth-order valence-corrected chi connectivity index (χ4v) is 5.04. The standard InChI is InChI=1S/C27H27FN2O2S/c1-17-22(28)9-6-10-23(17)30-24(31)16-33-26(30)19-7-5-8-21(15-19)29-25(32)18-11-13-20(14-12-18)27(2,3)4/h5-15,26H,16H2,1-4H3,(H,29,32)/t26-/m0/s1. The summed E-state index contributed by atoms with van der Waals surface area (Å²) in [6.45, 7) is 8.08. The van der Waals surface area contributed by atoms with Crippen LogP contribution in [0, 0.1) is 12.7 Å². The monoisotopic (exact) mass is 462 g/mol. The number of benzene rings is 3. The zero-order valence-corrected chi connectivity index (χ0v) is 20.0. The van der Waals surface area contributed by atoms with Crippen molar-refractivity contribution in [2.45, 2.75) is 38.5 Å². The van der Waals surface area contributed by atoms with Crippen molar-refractivity contribution in [2.24, 2.45) is 0 Å². The molecular formula is C27H27FN2O2S. The van der Waals surface area contributed by atoms with Crippen LogP contribution in [0.3, 0.4) is 0 Å². The van der Waals surface area contributed by atoms with Gasteiger partial charge in [-0.3, -0.25) is 14.5 Å². The predicted molar refractivity (Wildman–Crippen MR) is 133 cm³/mol. The fraction of sp³-hybridized carbons (Fsp3) is 0.259. The van der Waals surface area contributed by atoms with E-state index in [1.807, 2.05) is 48.5 Å². The molecule has 1 fully saturated rings. The van der Waals surface area contributed by atoms with Crippen LogP contribution >= 0.6 is 11.8 Å². The molecule has 6 heteroatoms. The Balaban J connectivity index is 1.57. The highest BCUT2D eigenvalue weighted by Crippen LogP contribution is 2.43. The lowest BCUT2D eigenvalue weighted by Crippen LogP contribution is -2.28. The van der Waals surface area contributed by atoms with Gasteiger partial charge in [0.2, 0.25) is 5.91 Å². The minimum Gasteiger partial charge on any atom is -0.322 e. The lowest BCUT2D eigenvalue weighted by Gasteiger charge is -2.26. The summed E-state index contributed by atoms with van der Waals surface area (Å²) in [5.74, 6) is -0.278. The number of hydrogen-bond acceptors (Lipinski definition) is 3. The van der Waals surface area contributed by atoms with Crippen LogP contribution < -0.4 is 10.2 Å². The van der Waals surface area contributed by atoms with E-state index in [-0.39, 0.29) is 28.4 Å². The molecule has 3 aromatic carbocycles. The zero-order valence-electron chi connectivity index (χ0n) is 19.2. The molecule has 0 radical (unpaired) electrons. The van der Waals surface area contributed by atoms with Gasteiger partial charge in [-0.05, 0) is 59.9 Å². The fourth-order valence-electron chi connectivity index (χ4n) is 3.88. The first-order valence-electron chi connectivity index (χ1n) is 10.9. The van der Waals surface area contributed by atoms with E-state index in [2.05, 4.69) is 26.1 Å². The summed E-state index contributed by atoms with van der Waals surface area (Å²) in [5, 5.41) is 2.66. The average Bonchev–Trinajstić information content (AvgIpc) is 3.16. The van der Waals surface area contributed by atoms with Crippen molar-refractivity contribution >= 4 is 35.0 Å². The van der Waals surface area contributed by atoms with Crippen molar-refractivity contribution in [1.29, 1.82) is 0 Å². The third-order valence-corrected chi connectivity index (χ3v) is 7.02. The molecule has 1 aliphatic heterocycles. The Bertz CT molecular complexity index is 1200. The van der Waals surface area contributed by atoms with Gasteiger partial charge in [0.15, 0.2) is 0 Å². The average molecular weight is 463 g/mol. The molecule has 0 unspecified atom stereocenters. The molecule has 3 aromatic rings. The van der Waals surface area contributed by atoms with Crippen molar-refractivity contribution in [3.63, 3.8) is 0 Å². The number of carbonyl (C=O) groups is 2. The number of nitrogens with one attached hydrogen (secondary N) is 1. The molecule has 33 heavy (non-hydrogen) atoms. The molecule has 170 valence electrons. The van der Waals surface area contributed by atoms with E-state index in [0.29, 0.717) is 28.3 Å². The highest BCUT2D eigenvalue weighted by Gasteiger charge is 2.35. The molecule has 0 bridgehead atoms. The third kappa shape index (κ3) is 4.81. The minimum absolute atomic E-state index is 0.0195. The van der Waals surface area contributed by atoms with E-state index in [4.69, 9.17) is 0 Å². The van der Waals surface area contributed by atoms with Crippen LogP contribution in [0.25, 0.3) is 0 Å². The number of anilines is 2. The van der Waals surface area contributed by atoms with Gasteiger partial charge < -0.3 is 5.32 Å². The molecule has 0 spiro atoms. The Morgan fingerprint density at radius 3 is 2.45 bits per heavy atom. The third-order valence-electron chi connectivity index (χ3n) is 5.81. The second-order valence-electron chi connectivity index (χ2n) is 9.22. The van der Waals surface area contributed by atoms with Crippen LogP contribution in [-0.2, 0) is 10.2 Å². The van der Waals surface area contributed by atoms with Gasteiger partial charge in [-0.25, -0.2) is 4.39 Å². The summed E-state index contributed by atoms with van der Waals surface area (Å²) in [4.78, 5) is 27.1. The molecular weight excluding hydrogens is 435 g/mol. The Hall–Kier alpha value is -3.12. The number of rotatable bonds is 4. The van der Waals surface area contributed by atoms with Crippen molar-refractivity contribution in [3.05, 3.63) is 94.8 Å². The van der Waals surface area contributed by atoms with Gasteiger partial charge in [-0.15, -0.1) is 11.8 Å². The summed E-state index contributed by atoms with van der Waals surface area (Å²) in [5.41, 5.74) is 4.30. The van der Waals surface area contributed by atoms with Gasteiger partial charge in [-0.2, -0.15) is 0 Å². The lowest BCUT2D eigenvalue weighted by atomic mass is 9.87. The van der Waals surface area contributed by atoms with Gasteiger partial charge >= 0.3 is 0 Å². The summed E-state index contributed by atoms with van der Waals surface area (Å²) in [6, 6.07) is 19.9. The second kappa shape index (κ2) is 9.02. The van der Waals surface area contributed by atoms with Crippen LogP contribution in [0.15, 0.2) is 66.7 Å². The van der Waals surface area contributed by atoms with Gasteiger partial charge in [0.1, 0.15) is 11.2 Å². The molecule has 1 heterocycles. The SMILES string of the molecule is Cc1c(F)cccc1N1C(=O)CS[C@H]1c1cccc(NC(=O)c2ccc(C(C)(C)C)cc2)c1. The zero-order chi connectivity index (χ0) is 23.8. The van der Waals surface area contributed by atoms with Crippen LogP contribution in [-0.4, -0.2) is 17.6 Å². The Morgan fingerprint density at radius 1 is 1.06 bits per heavy atom. The van der Waals surface area contributed by atoms with E-state index in [1.54, 1.807) is 24.0 Å². The van der Waals surface area contributed by atoms with Gasteiger partial charge in [0.05, 0.1) is 11.4 Å². The number of halogens is 1. The molecule has 2 amide bonds. The van der Waals surface area contributed by atoms with Gasteiger partial charge in [0, 0.05) is 16.8 Å². The van der Waals surface area contributed by atoms with E-state index < -0.39 is 0 Å². The maximum absolute atomic E-state index is 14.2. The molecule has 0 aromatic heterocycles. The number of carbonyl (C=O) groups excluding carboxylic acids is 2. The van der Waals surface area contributed by atoms with E-state index in [0.717, 1.165) is 11.1 Å². The van der Waals surface area contributed by atoms with E-state index in [1.165, 1.54) is 17.8 Å². The Kier molecular flexibility index (Phi) is 6.30.